The largest absolute Gasteiger partial charge is 0.392 e. The summed E-state index contributed by atoms with van der Waals surface area (Å²) in [6.45, 7) is 3.39. The molecule has 2 aromatic rings. The second-order valence-corrected chi connectivity index (χ2v) is 4.13. The Bertz CT molecular complexity index is 468. The standard InChI is InChI=1S/C12H18N4O/c1-2-3-11(17)8-14-6-10-7-15-12-9-13-4-5-16(10)12/h4-5,7,9,11,14,17H,2-3,6,8H2,1H3. The van der Waals surface area contributed by atoms with Gasteiger partial charge in [0, 0.05) is 25.5 Å². The summed E-state index contributed by atoms with van der Waals surface area (Å²) in [4.78, 5) is 8.27. The summed E-state index contributed by atoms with van der Waals surface area (Å²) in [5.74, 6) is 0. The zero-order valence-corrected chi connectivity index (χ0v) is 10.0. The van der Waals surface area contributed by atoms with Gasteiger partial charge in [-0.1, -0.05) is 13.3 Å². The summed E-state index contributed by atoms with van der Waals surface area (Å²) in [6.07, 6.45) is 8.77. The van der Waals surface area contributed by atoms with E-state index < -0.39 is 0 Å². The Kier molecular flexibility index (Phi) is 4.06. The Morgan fingerprint density at radius 2 is 2.35 bits per heavy atom. The lowest BCUT2D eigenvalue weighted by molar-refractivity contribution is 0.160. The van der Waals surface area contributed by atoms with Crippen LogP contribution < -0.4 is 5.32 Å². The van der Waals surface area contributed by atoms with Crippen molar-refractivity contribution in [2.45, 2.75) is 32.4 Å². The normalized spacial score (nSPS) is 13.1. The van der Waals surface area contributed by atoms with Crippen LogP contribution in [0.5, 0.6) is 0 Å². The van der Waals surface area contributed by atoms with E-state index in [0.29, 0.717) is 13.1 Å². The van der Waals surface area contributed by atoms with Crippen molar-refractivity contribution in [3.63, 3.8) is 0 Å². The molecule has 0 amide bonds. The highest BCUT2D eigenvalue weighted by Crippen LogP contribution is 2.04. The highest BCUT2D eigenvalue weighted by atomic mass is 16.3. The molecule has 92 valence electrons. The van der Waals surface area contributed by atoms with Gasteiger partial charge in [0.05, 0.1) is 24.2 Å². The molecular formula is C12H18N4O. The summed E-state index contributed by atoms with van der Waals surface area (Å²) in [5, 5.41) is 12.8. The van der Waals surface area contributed by atoms with E-state index in [2.05, 4.69) is 22.2 Å². The van der Waals surface area contributed by atoms with Gasteiger partial charge < -0.3 is 10.4 Å². The third-order valence-electron chi connectivity index (χ3n) is 2.70. The molecule has 2 N–H and O–H groups in total. The number of imidazole rings is 1. The third-order valence-corrected chi connectivity index (χ3v) is 2.70. The first-order valence-electron chi connectivity index (χ1n) is 5.96. The van der Waals surface area contributed by atoms with Gasteiger partial charge in [-0.2, -0.15) is 0 Å². The zero-order valence-electron chi connectivity index (χ0n) is 10.0. The van der Waals surface area contributed by atoms with E-state index in [1.807, 2.05) is 16.8 Å². The minimum atomic E-state index is -0.263. The van der Waals surface area contributed by atoms with Gasteiger partial charge in [-0.3, -0.25) is 9.38 Å². The molecule has 0 spiro atoms. The quantitative estimate of drug-likeness (QED) is 0.782. The van der Waals surface area contributed by atoms with E-state index >= 15 is 0 Å². The molecule has 2 rings (SSSR count). The first-order chi connectivity index (χ1) is 8.31. The van der Waals surface area contributed by atoms with Gasteiger partial charge in [0.1, 0.15) is 0 Å². The molecule has 1 atom stereocenters. The molecule has 0 aliphatic rings. The second-order valence-electron chi connectivity index (χ2n) is 4.13. The number of rotatable bonds is 6. The molecule has 1 unspecified atom stereocenters. The van der Waals surface area contributed by atoms with E-state index in [9.17, 15) is 5.11 Å². The summed E-state index contributed by atoms with van der Waals surface area (Å²) in [7, 11) is 0. The lowest BCUT2D eigenvalue weighted by Gasteiger charge is -2.10. The molecule has 5 heteroatoms. The van der Waals surface area contributed by atoms with Crippen molar-refractivity contribution in [2.24, 2.45) is 0 Å². The molecule has 2 aromatic heterocycles. The molecule has 2 heterocycles. The predicted molar refractivity (Wildman–Crippen MR) is 65.6 cm³/mol. The second kappa shape index (κ2) is 5.75. The van der Waals surface area contributed by atoms with Crippen molar-refractivity contribution >= 4 is 5.65 Å². The lowest BCUT2D eigenvalue weighted by Crippen LogP contribution is -2.26. The maximum atomic E-state index is 9.60. The van der Waals surface area contributed by atoms with Crippen LogP contribution in [0.1, 0.15) is 25.5 Å². The Labute approximate surface area is 101 Å². The van der Waals surface area contributed by atoms with Crippen molar-refractivity contribution < 1.29 is 5.11 Å². The molecular weight excluding hydrogens is 216 g/mol. The summed E-state index contributed by atoms with van der Waals surface area (Å²) in [5.41, 5.74) is 1.92. The number of aliphatic hydroxyl groups excluding tert-OH is 1. The van der Waals surface area contributed by atoms with Crippen molar-refractivity contribution in [3.05, 3.63) is 30.5 Å². The van der Waals surface area contributed by atoms with E-state index in [1.54, 1.807) is 12.4 Å². The third kappa shape index (κ3) is 3.01. The van der Waals surface area contributed by atoms with Crippen molar-refractivity contribution in [3.8, 4) is 0 Å². The first-order valence-corrected chi connectivity index (χ1v) is 5.96. The van der Waals surface area contributed by atoms with Crippen LogP contribution >= 0.6 is 0 Å². The number of fused-ring (bicyclic) bond motifs is 1. The summed E-state index contributed by atoms with van der Waals surface area (Å²) in [6, 6.07) is 0. The fraction of sp³-hybridized carbons (Fsp3) is 0.500. The Morgan fingerprint density at radius 3 is 3.18 bits per heavy atom. The lowest BCUT2D eigenvalue weighted by atomic mass is 10.2. The van der Waals surface area contributed by atoms with Crippen LogP contribution in [-0.4, -0.2) is 32.1 Å². The monoisotopic (exact) mass is 234 g/mol. The van der Waals surface area contributed by atoms with Crippen LogP contribution in [0.2, 0.25) is 0 Å². The van der Waals surface area contributed by atoms with E-state index in [1.165, 1.54) is 0 Å². The topological polar surface area (TPSA) is 62.5 Å². The number of aliphatic hydroxyl groups is 1. The van der Waals surface area contributed by atoms with Gasteiger partial charge in [0.15, 0.2) is 5.65 Å². The first kappa shape index (κ1) is 12.0. The molecule has 0 saturated heterocycles. The predicted octanol–water partition coefficient (Wildman–Crippen LogP) is 0.980. The van der Waals surface area contributed by atoms with Crippen LogP contribution in [0, 0.1) is 0 Å². The van der Waals surface area contributed by atoms with Crippen LogP contribution in [0.15, 0.2) is 24.8 Å². The minimum absolute atomic E-state index is 0.263. The van der Waals surface area contributed by atoms with Gasteiger partial charge in [0.2, 0.25) is 0 Å². The molecule has 0 fully saturated rings. The van der Waals surface area contributed by atoms with Gasteiger partial charge >= 0.3 is 0 Å². The molecule has 0 bridgehead atoms. The summed E-state index contributed by atoms with van der Waals surface area (Å²) < 4.78 is 1.99. The average Bonchev–Trinajstić information content (AvgIpc) is 2.73. The molecule has 0 aliphatic carbocycles. The Morgan fingerprint density at radius 1 is 1.47 bits per heavy atom. The number of nitrogens with one attached hydrogen (secondary N) is 1. The number of aromatic nitrogens is 3. The maximum absolute atomic E-state index is 9.60. The zero-order chi connectivity index (χ0) is 12.1. The van der Waals surface area contributed by atoms with Gasteiger partial charge in [-0.25, -0.2) is 4.98 Å². The van der Waals surface area contributed by atoms with Crippen LogP contribution in [-0.2, 0) is 6.54 Å². The number of hydrogen-bond acceptors (Lipinski definition) is 4. The van der Waals surface area contributed by atoms with Crippen molar-refractivity contribution in [1.82, 2.24) is 19.7 Å². The van der Waals surface area contributed by atoms with Crippen LogP contribution in [0.4, 0.5) is 0 Å². The van der Waals surface area contributed by atoms with Crippen LogP contribution in [0.3, 0.4) is 0 Å². The fourth-order valence-corrected chi connectivity index (χ4v) is 1.83. The Balaban J connectivity index is 1.91. The summed E-state index contributed by atoms with van der Waals surface area (Å²) >= 11 is 0. The van der Waals surface area contributed by atoms with Crippen molar-refractivity contribution in [2.75, 3.05) is 6.54 Å². The van der Waals surface area contributed by atoms with Gasteiger partial charge in [-0.05, 0) is 6.42 Å². The minimum Gasteiger partial charge on any atom is -0.392 e. The van der Waals surface area contributed by atoms with E-state index in [4.69, 9.17) is 0 Å². The van der Waals surface area contributed by atoms with Gasteiger partial charge in [-0.15, -0.1) is 0 Å². The van der Waals surface area contributed by atoms with E-state index in [-0.39, 0.29) is 6.10 Å². The molecule has 0 aliphatic heterocycles. The number of hydrogen-bond donors (Lipinski definition) is 2. The maximum Gasteiger partial charge on any atom is 0.155 e. The molecule has 0 radical (unpaired) electrons. The van der Waals surface area contributed by atoms with Crippen molar-refractivity contribution in [1.29, 1.82) is 0 Å². The fourth-order valence-electron chi connectivity index (χ4n) is 1.83. The highest BCUT2D eigenvalue weighted by molar-refractivity contribution is 5.36. The van der Waals surface area contributed by atoms with Crippen LogP contribution in [0.25, 0.3) is 5.65 Å². The van der Waals surface area contributed by atoms with E-state index in [0.717, 1.165) is 24.2 Å². The smallest absolute Gasteiger partial charge is 0.155 e. The average molecular weight is 234 g/mol. The SMILES string of the molecule is CCCC(O)CNCc1cnc2cnccn12. The highest BCUT2D eigenvalue weighted by Gasteiger charge is 2.04. The molecule has 0 saturated carbocycles. The molecule has 17 heavy (non-hydrogen) atoms. The number of nitrogens with zero attached hydrogens (tertiary/aromatic N) is 3. The molecule has 5 nitrogen and oxygen atoms in total. The van der Waals surface area contributed by atoms with Gasteiger partial charge in [0.25, 0.3) is 0 Å². The Hall–Kier alpha value is -1.46. The molecule has 0 aromatic carbocycles.